The van der Waals surface area contributed by atoms with Crippen molar-refractivity contribution in [3.8, 4) is 0 Å². The fraction of sp³-hybridized carbons (Fsp3) is 0.875. The van der Waals surface area contributed by atoms with Gasteiger partial charge >= 0.3 is 0 Å². The van der Waals surface area contributed by atoms with Gasteiger partial charge in [0.25, 0.3) is 0 Å². The molecule has 120 valence electrons. The van der Waals surface area contributed by atoms with E-state index in [1.807, 2.05) is 25.7 Å². The molecule has 1 atom stereocenters. The van der Waals surface area contributed by atoms with E-state index in [0.29, 0.717) is 6.54 Å². The van der Waals surface area contributed by atoms with Crippen LogP contribution in [0, 0.1) is 5.41 Å². The molecule has 1 N–H and O–H groups in total. The van der Waals surface area contributed by atoms with Crippen LogP contribution >= 0.6 is 11.8 Å². The molecule has 0 aromatic rings. The highest BCUT2D eigenvalue weighted by atomic mass is 32.2. The van der Waals surface area contributed by atoms with Crippen LogP contribution in [-0.2, 0) is 9.59 Å². The summed E-state index contributed by atoms with van der Waals surface area (Å²) in [5, 5.41) is 3.08. The summed E-state index contributed by atoms with van der Waals surface area (Å²) >= 11 is 1.79. The van der Waals surface area contributed by atoms with Gasteiger partial charge < -0.3 is 10.2 Å². The van der Waals surface area contributed by atoms with E-state index in [0.717, 1.165) is 37.9 Å². The fourth-order valence-electron chi connectivity index (χ4n) is 3.68. The first-order valence-electron chi connectivity index (χ1n) is 7.94. The van der Waals surface area contributed by atoms with Gasteiger partial charge in [-0.05, 0) is 36.7 Å². The maximum atomic E-state index is 13.1. The Morgan fingerprint density at radius 2 is 1.90 bits per heavy atom. The highest BCUT2D eigenvalue weighted by molar-refractivity contribution is 7.98. The second kappa shape index (κ2) is 6.19. The summed E-state index contributed by atoms with van der Waals surface area (Å²) in [6.07, 6.45) is 6.68. The molecular formula is C16H28N2O2S. The zero-order valence-electron chi connectivity index (χ0n) is 13.7. The molecule has 0 bridgehead atoms. The van der Waals surface area contributed by atoms with Crippen molar-refractivity contribution in [2.75, 3.05) is 18.6 Å². The topological polar surface area (TPSA) is 49.4 Å². The summed E-state index contributed by atoms with van der Waals surface area (Å²) in [7, 11) is 0. The van der Waals surface area contributed by atoms with Gasteiger partial charge in [0.05, 0.1) is 0 Å². The summed E-state index contributed by atoms with van der Waals surface area (Å²) < 4.78 is 0. The highest BCUT2D eigenvalue weighted by Gasteiger charge is 2.54. The van der Waals surface area contributed by atoms with Gasteiger partial charge in [0.15, 0.2) is 0 Å². The number of hydrogen-bond acceptors (Lipinski definition) is 3. The van der Waals surface area contributed by atoms with E-state index in [-0.39, 0.29) is 23.3 Å². The van der Waals surface area contributed by atoms with E-state index in [1.165, 1.54) is 0 Å². The molecule has 1 aliphatic carbocycles. The lowest BCUT2D eigenvalue weighted by Crippen LogP contribution is -2.72. The minimum absolute atomic E-state index is 0.0353. The summed E-state index contributed by atoms with van der Waals surface area (Å²) in [4.78, 5) is 27.6. The van der Waals surface area contributed by atoms with Gasteiger partial charge in [-0.1, -0.05) is 33.6 Å². The molecule has 4 nitrogen and oxygen atoms in total. The Morgan fingerprint density at radius 1 is 1.29 bits per heavy atom. The van der Waals surface area contributed by atoms with Crippen LogP contribution in [0.1, 0.15) is 52.9 Å². The second-order valence-electron chi connectivity index (χ2n) is 7.39. The van der Waals surface area contributed by atoms with Crippen LogP contribution < -0.4 is 5.32 Å². The second-order valence-corrected chi connectivity index (χ2v) is 8.38. The van der Waals surface area contributed by atoms with Gasteiger partial charge in [0, 0.05) is 6.54 Å². The number of carbonyl (C=O) groups is 2. The Bertz CT molecular complexity index is 411. The lowest BCUT2D eigenvalue weighted by Gasteiger charge is -2.48. The average molecular weight is 312 g/mol. The quantitative estimate of drug-likeness (QED) is 0.811. The number of rotatable bonds is 4. The summed E-state index contributed by atoms with van der Waals surface area (Å²) in [6, 6.07) is -0.349. The smallest absolute Gasteiger partial charge is 0.249 e. The molecule has 1 saturated carbocycles. The van der Waals surface area contributed by atoms with Crippen LogP contribution in [0.5, 0.6) is 0 Å². The molecule has 0 radical (unpaired) electrons. The third-order valence-corrected chi connectivity index (χ3v) is 5.31. The SMILES string of the molecule is CSCCCN1C(=O)C2(CCCC2)NC(=O)C1C(C)(C)C. The number of carbonyl (C=O) groups excluding carboxylic acids is 2. The Hall–Kier alpha value is -0.710. The van der Waals surface area contributed by atoms with Gasteiger partial charge in [-0.3, -0.25) is 9.59 Å². The molecule has 5 heteroatoms. The molecule has 1 spiro atoms. The minimum atomic E-state index is -0.599. The highest BCUT2D eigenvalue weighted by Crippen LogP contribution is 2.38. The van der Waals surface area contributed by atoms with Gasteiger partial charge in [0.1, 0.15) is 11.6 Å². The Kier molecular flexibility index (Phi) is 4.91. The van der Waals surface area contributed by atoms with Crippen molar-refractivity contribution in [3.05, 3.63) is 0 Å². The monoisotopic (exact) mass is 312 g/mol. The number of nitrogens with zero attached hydrogens (tertiary/aromatic N) is 1. The Labute approximate surface area is 132 Å². The number of nitrogens with one attached hydrogen (secondary N) is 1. The average Bonchev–Trinajstić information content (AvgIpc) is 2.83. The molecule has 21 heavy (non-hydrogen) atoms. The van der Waals surface area contributed by atoms with E-state index in [9.17, 15) is 9.59 Å². The Morgan fingerprint density at radius 3 is 2.43 bits per heavy atom. The minimum Gasteiger partial charge on any atom is -0.340 e. The summed E-state index contributed by atoms with van der Waals surface area (Å²) in [6.45, 7) is 6.81. The largest absolute Gasteiger partial charge is 0.340 e. The van der Waals surface area contributed by atoms with Crippen molar-refractivity contribution < 1.29 is 9.59 Å². The van der Waals surface area contributed by atoms with Gasteiger partial charge in [-0.25, -0.2) is 0 Å². The van der Waals surface area contributed by atoms with E-state index >= 15 is 0 Å². The number of thioether (sulfide) groups is 1. The van der Waals surface area contributed by atoms with Crippen molar-refractivity contribution in [2.45, 2.75) is 64.5 Å². The van der Waals surface area contributed by atoms with Crippen LogP contribution in [0.2, 0.25) is 0 Å². The molecule has 1 aliphatic heterocycles. The van der Waals surface area contributed by atoms with Crippen LogP contribution in [0.15, 0.2) is 0 Å². The van der Waals surface area contributed by atoms with Gasteiger partial charge in [-0.15, -0.1) is 0 Å². The van der Waals surface area contributed by atoms with Gasteiger partial charge in [-0.2, -0.15) is 11.8 Å². The van der Waals surface area contributed by atoms with Crippen LogP contribution in [0.3, 0.4) is 0 Å². The summed E-state index contributed by atoms with van der Waals surface area (Å²) in [5.41, 5.74) is -0.836. The maximum Gasteiger partial charge on any atom is 0.249 e. The molecule has 2 aliphatic rings. The third-order valence-electron chi connectivity index (χ3n) is 4.62. The molecule has 1 saturated heterocycles. The lowest BCUT2D eigenvalue weighted by molar-refractivity contribution is -0.159. The Balaban J connectivity index is 2.25. The van der Waals surface area contributed by atoms with Crippen molar-refractivity contribution in [1.29, 1.82) is 0 Å². The molecule has 1 heterocycles. The third kappa shape index (κ3) is 3.22. The zero-order chi connectivity index (χ0) is 15.7. The number of amides is 2. The fourth-order valence-corrected chi connectivity index (χ4v) is 4.10. The molecule has 2 rings (SSSR count). The van der Waals surface area contributed by atoms with E-state index in [1.54, 1.807) is 11.8 Å². The van der Waals surface area contributed by atoms with Crippen LogP contribution in [0.25, 0.3) is 0 Å². The first kappa shape index (κ1) is 16.7. The predicted octanol–water partition coefficient (Wildman–Crippen LogP) is 2.43. The van der Waals surface area contributed by atoms with Crippen molar-refractivity contribution in [1.82, 2.24) is 10.2 Å². The first-order valence-corrected chi connectivity index (χ1v) is 9.33. The standard InChI is InChI=1S/C16H28N2O2S/c1-15(2,3)12-13(19)17-16(8-5-6-9-16)14(20)18(12)10-7-11-21-4/h12H,5-11H2,1-4H3,(H,17,19). The zero-order valence-corrected chi connectivity index (χ0v) is 14.5. The molecule has 0 aromatic carbocycles. The number of piperazine rings is 1. The number of hydrogen-bond donors (Lipinski definition) is 1. The molecule has 2 fully saturated rings. The molecule has 2 amide bonds. The first-order chi connectivity index (χ1) is 9.82. The van der Waals surface area contributed by atoms with Crippen molar-refractivity contribution in [2.24, 2.45) is 5.41 Å². The van der Waals surface area contributed by atoms with Crippen molar-refractivity contribution >= 4 is 23.6 Å². The predicted molar refractivity (Wildman–Crippen MR) is 87.3 cm³/mol. The van der Waals surface area contributed by atoms with E-state index in [4.69, 9.17) is 0 Å². The van der Waals surface area contributed by atoms with Gasteiger partial charge in [0.2, 0.25) is 11.8 Å². The van der Waals surface area contributed by atoms with Crippen molar-refractivity contribution in [3.63, 3.8) is 0 Å². The van der Waals surface area contributed by atoms with Crippen LogP contribution in [0.4, 0.5) is 0 Å². The molecule has 1 unspecified atom stereocenters. The van der Waals surface area contributed by atoms with E-state index in [2.05, 4.69) is 11.6 Å². The van der Waals surface area contributed by atoms with Crippen LogP contribution in [-0.4, -0.2) is 46.8 Å². The van der Waals surface area contributed by atoms with E-state index < -0.39 is 5.54 Å². The normalized spacial score (nSPS) is 25.5. The summed E-state index contributed by atoms with van der Waals surface area (Å²) in [5.74, 6) is 1.21. The molecular weight excluding hydrogens is 284 g/mol. The molecule has 0 aromatic heterocycles. The maximum absolute atomic E-state index is 13.1. The lowest BCUT2D eigenvalue weighted by atomic mass is 9.80.